The number of hydrogen-bond acceptors (Lipinski definition) is 6. The molecule has 1 atom stereocenters. The zero-order chi connectivity index (χ0) is 14.2. The maximum atomic E-state index is 11.9. The average molecular weight is 304 g/mol. The van der Waals surface area contributed by atoms with Gasteiger partial charge < -0.3 is 9.64 Å². The van der Waals surface area contributed by atoms with Crippen LogP contribution in [0.25, 0.3) is 0 Å². The zero-order valence-corrected chi connectivity index (χ0v) is 11.7. The van der Waals surface area contributed by atoms with E-state index in [1.165, 1.54) is 29.4 Å². The van der Waals surface area contributed by atoms with Gasteiger partial charge in [0.1, 0.15) is 10.3 Å². The number of carbonyl (C=O) groups excluding carboxylic acids is 2. The van der Waals surface area contributed by atoms with Gasteiger partial charge >= 0.3 is 5.97 Å². The van der Waals surface area contributed by atoms with Crippen LogP contribution in [-0.4, -0.2) is 39.2 Å². The summed E-state index contributed by atoms with van der Waals surface area (Å²) in [7, 11) is -2.53. The van der Waals surface area contributed by atoms with E-state index in [9.17, 15) is 18.0 Å². The summed E-state index contributed by atoms with van der Waals surface area (Å²) in [6, 6.07) is 1.53. The van der Waals surface area contributed by atoms with Crippen molar-refractivity contribution in [2.45, 2.75) is 11.7 Å². The van der Waals surface area contributed by atoms with Crippen LogP contribution in [0.4, 0.5) is 5.00 Å². The maximum Gasteiger partial charge on any atom is 0.340 e. The summed E-state index contributed by atoms with van der Waals surface area (Å²) >= 11 is 1.18. The van der Waals surface area contributed by atoms with Crippen LogP contribution in [0.5, 0.6) is 0 Å². The number of amides is 1. The molecule has 2 N–H and O–H groups in total. The van der Waals surface area contributed by atoms with Crippen molar-refractivity contribution < 1.29 is 22.7 Å². The Morgan fingerprint density at radius 1 is 1.58 bits per heavy atom. The normalized spacial score (nSPS) is 19.8. The molecule has 1 unspecified atom stereocenters. The van der Waals surface area contributed by atoms with Gasteiger partial charge in [-0.05, 0) is 11.4 Å². The highest BCUT2D eigenvalue weighted by atomic mass is 32.2. The number of anilines is 1. The Hall–Kier alpha value is -1.45. The number of nitrogens with two attached hydrogens (primary N) is 1. The third-order valence-corrected chi connectivity index (χ3v) is 5.03. The Labute approximate surface area is 114 Å². The third-order valence-electron chi connectivity index (χ3n) is 2.85. The summed E-state index contributed by atoms with van der Waals surface area (Å²) in [5.41, 5.74) is 0.246. The van der Waals surface area contributed by atoms with Crippen molar-refractivity contribution in [3.05, 3.63) is 17.0 Å². The van der Waals surface area contributed by atoms with E-state index in [-0.39, 0.29) is 24.4 Å². The van der Waals surface area contributed by atoms with Gasteiger partial charge in [-0.3, -0.25) is 4.79 Å². The number of hydrogen-bond donors (Lipinski definition) is 1. The van der Waals surface area contributed by atoms with Crippen LogP contribution in [-0.2, 0) is 19.6 Å². The minimum atomic E-state index is -3.77. The van der Waals surface area contributed by atoms with Gasteiger partial charge in [-0.15, -0.1) is 11.3 Å². The molecule has 9 heteroatoms. The lowest BCUT2D eigenvalue weighted by atomic mass is 10.3. The predicted octanol–water partition coefficient (Wildman–Crippen LogP) is -0.0715. The van der Waals surface area contributed by atoms with E-state index in [0.29, 0.717) is 5.00 Å². The second kappa shape index (κ2) is 4.91. The Bertz CT molecular complexity index is 622. The number of carbonyl (C=O) groups is 2. The van der Waals surface area contributed by atoms with E-state index in [0.717, 1.165) is 0 Å². The lowest BCUT2D eigenvalue weighted by Crippen LogP contribution is -2.32. The van der Waals surface area contributed by atoms with E-state index in [2.05, 4.69) is 4.74 Å². The van der Waals surface area contributed by atoms with Gasteiger partial charge in [0.15, 0.2) is 0 Å². The highest BCUT2D eigenvalue weighted by Gasteiger charge is 2.39. The summed E-state index contributed by atoms with van der Waals surface area (Å²) in [5, 5.41) is 6.14. The van der Waals surface area contributed by atoms with Gasteiger partial charge in [0.2, 0.25) is 15.9 Å². The van der Waals surface area contributed by atoms with Crippen molar-refractivity contribution in [1.82, 2.24) is 0 Å². The van der Waals surface area contributed by atoms with Gasteiger partial charge in [-0.2, -0.15) is 0 Å². The molecule has 0 aliphatic carbocycles. The predicted molar refractivity (Wildman–Crippen MR) is 69.5 cm³/mol. The molecule has 2 heterocycles. The number of rotatable bonds is 3. The van der Waals surface area contributed by atoms with Gasteiger partial charge in [-0.25, -0.2) is 18.4 Å². The Balaban J connectivity index is 2.32. The molecule has 104 valence electrons. The van der Waals surface area contributed by atoms with E-state index >= 15 is 0 Å². The molecular formula is C10H12N2O5S2. The molecule has 1 aliphatic rings. The molecule has 1 aromatic heterocycles. The first kappa shape index (κ1) is 14.0. The topological polar surface area (TPSA) is 107 Å². The fourth-order valence-corrected chi connectivity index (χ4v) is 3.51. The van der Waals surface area contributed by atoms with Crippen molar-refractivity contribution in [3.63, 3.8) is 0 Å². The molecule has 1 saturated heterocycles. The number of primary sulfonamides is 1. The minimum Gasteiger partial charge on any atom is -0.465 e. The van der Waals surface area contributed by atoms with Gasteiger partial charge in [0.05, 0.1) is 12.7 Å². The van der Waals surface area contributed by atoms with Crippen LogP contribution < -0.4 is 10.0 Å². The molecule has 1 amide bonds. The quantitative estimate of drug-likeness (QED) is 0.787. The number of nitrogens with zero attached hydrogens (tertiary/aromatic N) is 1. The molecule has 2 rings (SSSR count). The summed E-state index contributed by atoms with van der Waals surface area (Å²) in [6.45, 7) is -0.0395. The fourth-order valence-electron chi connectivity index (χ4n) is 1.87. The first-order valence-corrected chi connectivity index (χ1v) is 7.81. The van der Waals surface area contributed by atoms with E-state index in [1.807, 2.05) is 0 Å². The van der Waals surface area contributed by atoms with Crippen LogP contribution in [0.3, 0.4) is 0 Å². The van der Waals surface area contributed by atoms with Crippen LogP contribution in [0, 0.1) is 0 Å². The van der Waals surface area contributed by atoms with Crippen LogP contribution >= 0.6 is 11.3 Å². The lowest BCUT2D eigenvalue weighted by Gasteiger charge is -2.15. The molecule has 0 bridgehead atoms. The van der Waals surface area contributed by atoms with Crippen LogP contribution in [0.2, 0.25) is 0 Å². The molecule has 7 nitrogen and oxygen atoms in total. The Kier molecular flexibility index (Phi) is 3.61. The standard InChI is InChI=1S/C10H12N2O5S2/c1-17-10(14)7-2-3-18-9(7)12-5-6(4-8(12)13)19(11,15)16/h2-3,6H,4-5H2,1H3,(H2,11,15,16). The molecule has 0 aromatic carbocycles. The molecule has 1 aliphatic heterocycles. The molecule has 0 spiro atoms. The minimum absolute atomic E-state index is 0.0395. The smallest absolute Gasteiger partial charge is 0.340 e. The molecule has 1 fully saturated rings. The Morgan fingerprint density at radius 3 is 2.79 bits per heavy atom. The number of thiophene rings is 1. The van der Waals surface area contributed by atoms with E-state index in [1.54, 1.807) is 5.38 Å². The van der Waals surface area contributed by atoms with E-state index in [4.69, 9.17) is 5.14 Å². The lowest BCUT2D eigenvalue weighted by molar-refractivity contribution is -0.117. The molecular weight excluding hydrogens is 292 g/mol. The number of esters is 1. The monoisotopic (exact) mass is 304 g/mol. The van der Waals surface area contributed by atoms with Gasteiger partial charge in [0, 0.05) is 13.0 Å². The van der Waals surface area contributed by atoms with Crippen molar-refractivity contribution in [1.29, 1.82) is 0 Å². The molecule has 0 saturated carbocycles. The average Bonchev–Trinajstić information content (AvgIpc) is 2.92. The van der Waals surface area contributed by atoms with Gasteiger partial charge in [-0.1, -0.05) is 0 Å². The van der Waals surface area contributed by atoms with Crippen molar-refractivity contribution in [3.8, 4) is 0 Å². The van der Waals surface area contributed by atoms with Gasteiger partial charge in [0.25, 0.3) is 0 Å². The first-order chi connectivity index (χ1) is 8.84. The summed E-state index contributed by atoms with van der Waals surface area (Å²) in [6.07, 6.45) is -0.169. The van der Waals surface area contributed by atoms with Crippen LogP contribution in [0.1, 0.15) is 16.8 Å². The highest BCUT2D eigenvalue weighted by molar-refractivity contribution is 7.89. The largest absolute Gasteiger partial charge is 0.465 e. The highest BCUT2D eigenvalue weighted by Crippen LogP contribution is 2.32. The first-order valence-electron chi connectivity index (χ1n) is 5.32. The summed E-state index contributed by atoms with van der Waals surface area (Å²) in [4.78, 5) is 24.7. The van der Waals surface area contributed by atoms with Crippen molar-refractivity contribution in [2.75, 3.05) is 18.6 Å². The molecule has 19 heavy (non-hydrogen) atoms. The SMILES string of the molecule is COC(=O)c1ccsc1N1CC(S(N)(=O)=O)CC1=O. The van der Waals surface area contributed by atoms with E-state index < -0.39 is 21.2 Å². The van der Waals surface area contributed by atoms with Crippen molar-refractivity contribution >= 4 is 38.2 Å². The second-order valence-corrected chi connectivity index (χ2v) is 6.79. The number of methoxy groups -OCH3 is 1. The molecule has 1 aromatic rings. The second-order valence-electron chi connectivity index (χ2n) is 4.05. The zero-order valence-electron chi connectivity index (χ0n) is 10.0. The third kappa shape index (κ3) is 2.62. The summed E-state index contributed by atoms with van der Waals surface area (Å²) in [5.74, 6) is -0.935. The number of ether oxygens (including phenoxy) is 1. The fraction of sp³-hybridized carbons (Fsp3) is 0.400. The van der Waals surface area contributed by atoms with Crippen molar-refractivity contribution in [2.24, 2.45) is 5.14 Å². The Morgan fingerprint density at radius 2 is 2.26 bits per heavy atom. The maximum absolute atomic E-state index is 11.9. The number of sulfonamides is 1. The van der Waals surface area contributed by atoms with Crippen LogP contribution in [0.15, 0.2) is 11.4 Å². The molecule has 0 radical (unpaired) electrons. The summed E-state index contributed by atoms with van der Waals surface area (Å²) < 4.78 is 27.2.